The quantitative estimate of drug-likeness (QED) is 0.722. The Bertz CT molecular complexity index is 328. The van der Waals surface area contributed by atoms with Crippen LogP contribution in [0.5, 0.6) is 0 Å². The molecular weight excluding hydrogens is 204 g/mol. The molecular formula is C8H11N2O3S-. The minimum Gasteiger partial charge on any atom is -0.772 e. The Morgan fingerprint density at radius 3 is 2.43 bits per heavy atom. The summed E-state index contributed by atoms with van der Waals surface area (Å²) in [5.41, 5.74) is 0.858. The molecule has 14 heavy (non-hydrogen) atoms. The minimum absolute atomic E-state index is 0.132. The first-order valence-electron chi connectivity index (χ1n) is 4.07. The number of rotatable bonds is 3. The summed E-state index contributed by atoms with van der Waals surface area (Å²) in [5, 5.41) is 8.63. The zero-order valence-corrected chi connectivity index (χ0v) is 8.69. The van der Waals surface area contributed by atoms with Crippen LogP contribution in [0, 0.1) is 6.92 Å². The highest BCUT2D eigenvalue weighted by Gasteiger charge is 2.19. The lowest BCUT2D eigenvalue weighted by Crippen LogP contribution is -2.22. The van der Waals surface area contributed by atoms with Gasteiger partial charge in [-0.05, 0) is 30.5 Å². The summed E-state index contributed by atoms with van der Waals surface area (Å²) >= 11 is -2.33. The van der Waals surface area contributed by atoms with Gasteiger partial charge in [-0.3, -0.25) is 4.21 Å². The predicted octanol–water partition coefficient (Wildman–Crippen LogP) is 0.0860. The van der Waals surface area contributed by atoms with Gasteiger partial charge in [-0.25, -0.2) is 9.97 Å². The van der Waals surface area contributed by atoms with Crippen molar-refractivity contribution >= 4 is 11.1 Å². The summed E-state index contributed by atoms with van der Waals surface area (Å²) in [6, 6.07) is 0. The second-order valence-corrected chi connectivity index (χ2v) is 4.29. The highest BCUT2D eigenvalue weighted by atomic mass is 32.2. The van der Waals surface area contributed by atoms with Gasteiger partial charge in [0.2, 0.25) is 0 Å². The van der Waals surface area contributed by atoms with Crippen molar-refractivity contribution in [1.82, 2.24) is 9.97 Å². The average Bonchev–Trinajstić information content (AvgIpc) is 2.16. The molecule has 0 bridgehead atoms. The SMILES string of the molecule is Cc1cnc([C@H](O)[C@H](C)S(=O)[O-])nc1. The van der Waals surface area contributed by atoms with Gasteiger partial charge in [0.25, 0.3) is 0 Å². The lowest BCUT2D eigenvalue weighted by Gasteiger charge is -2.19. The monoisotopic (exact) mass is 215 g/mol. The van der Waals surface area contributed by atoms with E-state index in [-0.39, 0.29) is 5.82 Å². The molecule has 0 amide bonds. The summed E-state index contributed by atoms with van der Waals surface area (Å²) in [5.74, 6) is 0.132. The normalized spacial score (nSPS) is 17.4. The van der Waals surface area contributed by atoms with Crippen molar-refractivity contribution < 1.29 is 13.9 Å². The number of hydrogen-bond donors (Lipinski definition) is 1. The van der Waals surface area contributed by atoms with E-state index in [4.69, 9.17) is 0 Å². The fourth-order valence-electron chi connectivity index (χ4n) is 0.870. The highest BCUT2D eigenvalue weighted by molar-refractivity contribution is 7.79. The summed E-state index contributed by atoms with van der Waals surface area (Å²) in [6.45, 7) is 3.21. The smallest absolute Gasteiger partial charge is 0.157 e. The fraction of sp³-hybridized carbons (Fsp3) is 0.500. The van der Waals surface area contributed by atoms with Gasteiger partial charge in [0, 0.05) is 12.4 Å². The van der Waals surface area contributed by atoms with Crippen molar-refractivity contribution in [2.45, 2.75) is 25.2 Å². The average molecular weight is 215 g/mol. The largest absolute Gasteiger partial charge is 0.772 e. The first-order valence-corrected chi connectivity index (χ1v) is 5.21. The number of aryl methyl sites for hydroxylation is 1. The Hall–Kier alpha value is -0.850. The lowest BCUT2D eigenvalue weighted by atomic mass is 10.2. The maximum atomic E-state index is 10.6. The van der Waals surface area contributed by atoms with Crippen LogP contribution < -0.4 is 0 Å². The molecule has 0 spiro atoms. The number of aliphatic hydroxyl groups is 1. The molecule has 0 radical (unpaired) electrons. The third-order valence-electron chi connectivity index (χ3n) is 1.81. The van der Waals surface area contributed by atoms with Gasteiger partial charge in [0.05, 0.1) is 5.25 Å². The summed E-state index contributed by atoms with van der Waals surface area (Å²) in [7, 11) is 0. The Morgan fingerprint density at radius 2 is 2.00 bits per heavy atom. The molecule has 1 unspecified atom stereocenters. The second kappa shape index (κ2) is 4.59. The van der Waals surface area contributed by atoms with Crippen LogP contribution in [0.15, 0.2) is 12.4 Å². The molecule has 5 nitrogen and oxygen atoms in total. The fourth-order valence-corrected chi connectivity index (χ4v) is 1.20. The standard InChI is InChI=1S/C8H12N2O3S/c1-5-3-9-8(10-4-5)7(11)6(2)14(12)13/h3-4,6-7,11H,1-2H3,(H,12,13)/p-1/t6-,7+/m0/s1. The van der Waals surface area contributed by atoms with Gasteiger partial charge < -0.3 is 9.66 Å². The molecule has 0 aromatic carbocycles. The predicted molar refractivity (Wildman–Crippen MR) is 50.1 cm³/mol. The van der Waals surface area contributed by atoms with E-state index in [1.165, 1.54) is 19.3 Å². The first-order chi connectivity index (χ1) is 6.52. The number of nitrogens with zero attached hydrogens (tertiary/aromatic N) is 2. The molecule has 3 atom stereocenters. The molecule has 1 aromatic rings. The van der Waals surface area contributed by atoms with Crippen LogP contribution in [0.3, 0.4) is 0 Å². The van der Waals surface area contributed by atoms with Crippen LogP contribution in [0.4, 0.5) is 0 Å². The highest BCUT2D eigenvalue weighted by Crippen LogP contribution is 2.15. The Kier molecular flexibility index (Phi) is 3.68. The summed E-state index contributed by atoms with van der Waals surface area (Å²) < 4.78 is 21.1. The molecule has 1 aromatic heterocycles. The van der Waals surface area contributed by atoms with E-state index in [9.17, 15) is 13.9 Å². The number of hydrogen-bond acceptors (Lipinski definition) is 5. The third-order valence-corrected chi connectivity index (χ3v) is 2.68. The lowest BCUT2D eigenvalue weighted by molar-refractivity contribution is 0.165. The number of aromatic nitrogens is 2. The summed E-state index contributed by atoms with van der Waals surface area (Å²) in [6.07, 6.45) is 1.90. The minimum atomic E-state index is -2.33. The van der Waals surface area contributed by atoms with E-state index >= 15 is 0 Å². The van der Waals surface area contributed by atoms with Crippen molar-refractivity contribution in [3.05, 3.63) is 23.8 Å². The molecule has 0 saturated carbocycles. The van der Waals surface area contributed by atoms with Crippen molar-refractivity contribution in [2.75, 3.05) is 0 Å². The molecule has 78 valence electrons. The van der Waals surface area contributed by atoms with Gasteiger partial charge in [-0.1, -0.05) is 0 Å². The molecule has 0 aliphatic carbocycles. The van der Waals surface area contributed by atoms with Crippen molar-refractivity contribution in [3.63, 3.8) is 0 Å². The molecule has 0 aliphatic heterocycles. The summed E-state index contributed by atoms with van der Waals surface area (Å²) in [4.78, 5) is 7.69. The van der Waals surface area contributed by atoms with E-state index in [1.54, 1.807) is 0 Å². The van der Waals surface area contributed by atoms with Crippen LogP contribution in [-0.4, -0.2) is 29.1 Å². The zero-order valence-electron chi connectivity index (χ0n) is 7.88. The zero-order chi connectivity index (χ0) is 10.7. The van der Waals surface area contributed by atoms with E-state index in [0.717, 1.165) is 5.56 Å². The van der Waals surface area contributed by atoms with Crippen molar-refractivity contribution in [3.8, 4) is 0 Å². The molecule has 6 heteroatoms. The van der Waals surface area contributed by atoms with E-state index in [0.29, 0.717) is 0 Å². The molecule has 1 rings (SSSR count). The van der Waals surface area contributed by atoms with Crippen LogP contribution in [-0.2, 0) is 11.1 Å². The molecule has 1 heterocycles. The Balaban J connectivity index is 2.84. The Labute approximate surface area is 84.5 Å². The van der Waals surface area contributed by atoms with Crippen LogP contribution in [0.2, 0.25) is 0 Å². The van der Waals surface area contributed by atoms with Gasteiger partial charge in [-0.15, -0.1) is 0 Å². The number of aliphatic hydroxyl groups excluding tert-OH is 1. The van der Waals surface area contributed by atoms with Crippen LogP contribution in [0.1, 0.15) is 24.4 Å². The second-order valence-electron chi connectivity index (χ2n) is 3.03. The van der Waals surface area contributed by atoms with E-state index in [2.05, 4.69) is 9.97 Å². The molecule has 0 saturated heterocycles. The van der Waals surface area contributed by atoms with Crippen molar-refractivity contribution in [1.29, 1.82) is 0 Å². The Morgan fingerprint density at radius 1 is 1.50 bits per heavy atom. The van der Waals surface area contributed by atoms with E-state index < -0.39 is 22.4 Å². The van der Waals surface area contributed by atoms with Crippen LogP contribution >= 0.6 is 0 Å². The maximum absolute atomic E-state index is 10.6. The van der Waals surface area contributed by atoms with Gasteiger partial charge in [-0.2, -0.15) is 0 Å². The van der Waals surface area contributed by atoms with Gasteiger partial charge in [0.15, 0.2) is 5.82 Å². The van der Waals surface area contributed by atoms with Crippen molar-refractivity contribution in [2.24, 2.45) is 0 Å². The van der Waals surface area contributed by atoms with Crippen LogP contribution in [0.25, 0.3) is 0 Å². The first kappa shape index (κ1) is 11.2. The van der Waals surface area contributed by atoms with E-state index in [1.807, 2.05) is 6.92 Å². The van der Waals surface area contributed by atoms with Gasteiger partial charge in [0.1, 0.15) is 6.10 Å². The third kappa shape index (κ3) is 2.57. The molecule has 0 aliphatic rings. The topological polar surface area (TPSA) is 86.1 Å². The van der Waals surface area contributed by atoms with Gasteiger partial charge >= 0.3 is 0 Å². The molecule has 0 fully saturated rings. The maximum Gasteiger partial charge on any atom is 0.157 e. The molecule has 1 N–H and O–H groups in total.